The summed E-state index contributed by atoms with van der Waals surface area (Å²) in [6, 6.07) is 11.3. The maximum absolute atomic E-state index is 17.3. The number of nitrogens with zero attached hydrogens (tertiary/aromatic N) is 5. The first kappa shape index (κ1) is 43.0. The highest BCUT2D eigenvalue weighted by Gasteiger charge is 2.36. The van der Waals surface area contributed by atoms with Crippen molar-refractivity contribution in [1.82, 2.24) is 29.9 Å². The average molecular weight is 879 g/mol. The van der Waals surface area contributed by atoms with Gasteiger partial charge in [-0.1, -0.05) is 6.07 Å². The number of hydrogen-bond donors (Lipinski definition) is 3. The maximum Gasteiger partial charge on any atom is 0.269 e. The van der Waals surface area contributed by atoms with Gasteiger partial charge in [-0.2, -0.15) is 5.10 Å². The van der Waals surface area contributed by atoms with Crippen LogP contribution in [0.5, 0.6) is 5.75 Å². The van der Waals surface area contributed by atoms with E-state index in [1.807, 2.05) is 29.3 Å². The normalized spacial score (nSPS) is 19.5. The molecule has 0 spiro atoms. The molecule has 3 aromatic carbocycles. The molecular weight excluding hydrogens is 826 g/mol. The highest BCUT2D eigenvalue weighted by Crippen LogP contribution is 2.50. The van der Waals surface area contributed by atoms with Crippen molar-refractivity contribution in [1.29, 1.82) is 0 Å². The van der Waals surface area contributed by atoms with Crippen LogP contribution in [-0.2, 0) is 20.9 Å². The highest BCUT2D eigenvalue weighted by molar-refractivity contribution is 6.04. The van der Waals surface area contributed by atoms with E-state index < -0.39 is 23.6 Å². The minimum absolute atomic E-state index is 0.0274. The number of methoxy groups -OCH3 is 1. The van der Waals surface area contributed by atoms with E-state index in [0.717, 1.165) is 12.8 Å². The van der Waals surface area contributed by atoms with Gasteiger partial charge in [-0.05, 0) is 109 Å². The number of hydrogen-bond acceptors (Lipinski definition) is 8. The lowest BCUT2D eigenvalue weighted by Crippen LogP contribution is -2.47. The van der Waals surface area contributed by atoms with Gasteiger partial charge in [0.05, 0.1) is 24.0 Å². The Morgan fingerprint density at radius 1 is 0.906 bits per heavy atom. The van der Waals surface area contributed by atoms with E-state index in [1.54, 1.807) is 48.1 Å². The zero-order valence-corrected chi connectivity index (χ0v) is 36.3. The van der Waals surface area contributed by atoms with Crippen LogP contribution < -0.4 is 20.3 Å². The molecule has 4 aliphatic rings. The molecule has 5 aromatic rings. The second-order valence-corrected chi connectivity index (χ2v) is 17.8. The number of ether oxygens (including phenoxy) is 1. The minimum atomic E-state index is -0.699. The van der Waals surface area contributed by atoms with Crippen molar-refractivity contribution in [2.24, 2.45) is 0 Å². The number of anilines is 2. The van der Waals surface area contributed by atoms with Crippen molar-refractivity contribution in [2.75, 3.05) is 57.6 Å². The quantitative estimate of drug-likeness (QED) is 0.110. The number of likely N-dealkylation sites (tertiary alicyclic amines) is 1. The predicted molar refractivity (Wildman–Crippen MR) is 236 cm³/mol. The SMILES string of the molecule is COc1cc(C2CCN(c3ccc(-c4cc([C@H]5CCCN(C(=O)CCn6cccn6)C5)c(F)c5[nH]c(C(=O)N(C)C)cc45)c(C4CC4)c3F)CC2)c(F)cc1NC1CCC(=O)NC1=O. The molecule has 13 nitrogen and oxygen atoms in total. The number of rotatable bonds is 12. The lowest BCUT2D eigenvalue weighted by molar-refractivity contribution is -0.134. The van der Waals surface area contributed by atoms with Crippen LogP contribution in [0.2, 0.25) is 0 Å². The molecule has 4 fully saturated rings. The van der Waals surface area contributed by atoms with Crippen molar-refractivity contribution < 1.29 is 37.1 Å². The summed E-state index contributed by atoms with van der Waals surface area (Å²) in [6.07, 6.45) is 8.29. The molecule has 2 aromatic heterocycles. The molecule has 16 heteroatoms. The van der Waals surface area contributed by atoms with Crippen molar-refractivity contribution in [3.63, 3.8) is 0 Å². The topological polar surface area (TPSA) is 145 Å². The summed E-state index contributed by atoms with van der Waals surface area (Å²) in [5.41, 5.74) is 3.93. The molecular formula is C48H53F3N8O5. The number of aromatic nitrogens is 3. The smallest absolute Gasteiger partial charge is 0.269 e. The number of carbonyl (C=O) groups is 4. The number of nitrogens with one attached hydrogen (secondary N) is 3. The standard InChI is InChI=1S/C48H53F3N8O5/c1-56(2)48(63)38-23-34-33(22-32(44(50)46(34)54-38)29-6-4-17-58(26-29)42(61)15-21-59-18-5-16-52-59)30-9-11-39(45(51)43(30)28-7-8-28)57-19-13-27(14-20-57)31-24-40(64-3)37(25-35(31)49)53-36-10-12-41(60)55-47(36)62/h5,9,11,16,18,22-25,27-29,36,53-54H,4,6-8,10,12-15,17,19-21,26H2,1-3H3,(H,55,60,62)/t29-,36?/m0/s1. The van der Waals surface area contributed by atoms with E-state index in [1.165, 1.54) is 18.1 Å². The van der Waals surface area contributed by atoms with Crippen LogP contribution in [0.4, 0.5) is 24.5 Å². The van der Waals surface area contributed by atoms with E-state index in [-0.39, 0.29) is 71.8 Å². The Kier molecular flexibility index (Phi) is 11.9. The summed E-state index contributed by atoms with van der Waals surface area (Å²) < 4.78 is 57.3. The van der Waals surface area contributed by atoms with Gasteiger partial charge in [0.1, 0.15) is 23.3 Å². The van der Waals surface area contributed by atoms with E-state index in [4.69, 9.17) is 4.74 Å². The fourth-order valence-electron chi connectivity index (χ4n) is 9.86. The van der Waals surface area contributed by atoms with Gasteiger partial charge < -0.3 is 29.7 Å². The maximum atomic E-state index is 17.3. The number of piperidine rings is 3. The van der Waals surface area contributed by atoms with E-state index >= 15 is 13.2 Å². The Bertz CT molecular complexity index is 2620. The van der Waals surface area contributed by atoms with Gasteiger partial charge in [0.15, 0.2) is 11.6 Å². The van der Waals surface area contributed by atoms with Crippen LogP contribution >= 0.6 is 0 Å². The first-order valence-electron chi connectivity index (χ1n) is 22.3. The number of aromatic amines is 1. The lowest BCUT2D eigenvalue weighted by atomic mass is 9.85. The van der Waals surface area contributed by atoms with Crippen molar-refractivity contribution in [3.05, 3.63) is 94.7 Å². The van der Waals surface area contributed by atoms with Crippen LogP contribution in [-0.4, -0.2) is 102 Å². The first-order valence-corrected chi connectivity index (χ1v) is 22.3. The Hall–Kier alpha value is -6.32. The van der Waals surface area contributed by atoms with E-state index in [2.05, 4.69) is 20.7 Å². The molecule has 5 heterocycles. The number of benzene rings is 3. The first-order chi connectivity index (χ1) is 30.9. The Morgan fingerprint density at radius 3 is 2.41 bits per heavy atom. The third kappa shape index (κ3) is 8.41. The molecule has 336 valence electrons. The number of amides is 4. The van der Waals surface area contributed by atoms with Crippen molar-refractivity contribution in [2.45, 2.75) is 88.1 Å². The molecule has 3 saturated heterocycles. The van der Waals surface area contributed by atoms with Gasteiger partial charge in [-0.25, -0.2) is 13.2 Å². The number of carbonyl (C=O) groups excluding carboxylic acids is 4. The minimum Gasteiger partial charge on any atom is -0.495 e. The summed E-state index contributed by atoms with van der Waals surface area (Å²) >= 11 is 0. The summed E-state index contributed by atoms with van der Waals surface area (Å²) in [4.78, 5) is 59.0. The van der Waals surface area contributed by atoms with Crippen LogP contribution in [0.3, 0.4) is 0 Å². The highest BCUT2D eigenvalue weighted by atomic mass is 19.1. The zero-order chi connectivity index (χ0) is 44.8. The van der Waals surface area contributed by atoms with Crippen LogP contribution in [0.1, 0.15) is 103 Å². The molecule has 3 N–H and O–H groups in total. The molecule has 1 aliphatic carbocycles. The third-order valence-corrected chi connectivity index (χ3v) is 13.4. The molecule has 1 saturated carbocycles. The van der Waals surface area contributed by atoms with Gasteiger partial charge in [0, 0.05) is 95.0 Å². The molecule has 0 radical (unpaired) electrons. The summed E-state index contributed by atoms with van der Waals surface area (Å²) in [5, 5.41) is 10.0. The fraction of sp³-hybridized carbons (Fsp3) is 0.438. The van der Waals surface area contributed by atoms with Crippen molar-refractivity contribution in [3.8, 4) is 16.9 Å². The number of aryl methyl sites for hydroxylation is 1. The van der Waals surface area contributed by atoms with E-state index in [9.17, 15) is 19.2 Å². The summed E-state index contributed by atoms with van der Waals surface area (Å²) in [6.45, 7) is 2.30. The summed E-state index contributed by atoms with van der Waals surface area (Å²) in [5.74, 6) is -2.55. The molecule has 1 unspecified atom stereocenters. The monoisotopic (exact) mass is 878 g/mol. The summed E-state index contributed by atoms with van der Waals surface area (Å²) in [7, 11) is 4.74. The fourth-order valence-corrected chi connectivity index (χ4v) is 9.86. The van der Waals surface area contributed by atoms with Gasteiger partial charge in [-0.3, -0.25) is 29.2 Å². The predicted octanol–water partition coefficient (Wildman–Crippen LogP) is 7.43. The number of imide groups is 1. The molecule has 64 heavy (non-hydrogen) atoms. The molecule has 9 rings (SSSR count). The van der Waals surface area contributed by atoms with E-state index in [0.29, 0.717) is 109 Å². The van der Waals surface area contributed by atoms with Gasteiger partial charge in [0.2, 0.25) is 17.7 Å². The van der Waals surface area contributed by atoms with Crippen molar-refractivity contribution >= 4 is 45.9 Å². The largest absolute Gasteiger partial charge is 0.495 e. The van der Waals surface area contributed by atoms with Gasteiger partial charge >= 0.3 is 0 Å². The van der Waals surface area contributed by atoms with Gasteiger partial charge in [0.25, 0.3) is 5.91 Å². The third-order valence-electron chi connectivity index (χ3n) is 13.4. The Balaban J connectivity index is 0.995. The van der Waals surface area contributed by atoms with Gasteiger partial charge in [-0.15, -0.1) is 0 Å². The Labute approximate surface area is 369 Å². The number of H-pyrrole nitrogens is 1. The molecule has 0 bridgehead atoms. The molecule has 4 amide bonds. The number of fused-ring (bicyclic) bond motifs is 1. The molecule has 3 aliphatic heterocycles. The van der Waals surface area contributed by atoms with Crippen LogP contribution in [0.25, 0.3) is 22.0 Å². The van der Waals surface area contributed by atoms with Crippen LogP contribution in [0, 0.1) is 17.5 Å². The Morgan fingerprint density at radius 2 is 1.70 bits per heavy atom. The average Bonchev–Trinajstić information content (AvgIpc) is 3.78. The second kappa shape index (κ2) is 17.7. The van der Waals surface area contributed by atoms with Crippen LogP contribution in [0.15, 0.2) is 54.9 Å². The zero-order valence-electron chi connectivity index (χ0n) is 36.3. The second-order valence-electron chi connectivity index (χ2n) is 17.8. The molecule has 2 atom stereocenters. The number of halogens is 3. The lowest BCUT2D eigenvalue weighted by Gasteiger charge is -2.35.